The summed E-state index contributed by atoms with van der Waals surface area (Å²) in [5.74, 6) is 0.251. The maximum atomic E-state index is 11.1. The monoisotopic (exact) mass is 275 g/mol. The summed E-state index contributed by atoms with van der Waals surface area (Å²) in [5, 5.41) is 9.11. The topological polar surface area (TPSA) is 49.8 Å². The average molecular weight is 275 g/mol. The van der Waals surface area contributed by atoms with E-state index in [2.05, 4.69) is 24.1 Å². The van der Waals surface area contributed by atoms with Crippen LogP contribution in [0.3, 0.4) is 0 Å². The van der Waals surface area contributed by atoms with E-state index in [1.165, 1.54) is 11.3 Å². The van der Waals surface area contributed by atoms with Crippen molar-refractivity contribution in [2.75, 3.05) is 25.1 Å². The molecule has 2 aliphatic heterocycles. The summed E-state index contributed by atoms with van der Waals surface area (Å²) in [6.07, 6.45) is 4.26. The minimum absolute atomic E-state index is 0.0857. The minimum Gasteiger partial charge on any atom is -0.493 e. The molecule has 0 saturated carbocycles. The van der Waals surface area contributed by atoms with Crippen LogP contribution in [0.25, 0.3) is 0 Å². The second-order valence-corrected chi connectivity index (χ2v) is 5.83. The number of nitrogens with zero attached hydrogens (tertiary/aromatic N) is 1. The summed E-state index contributed by atoms with van der Waals surface area (Å²) in [7, 11) is 2.11. The van der Waals surface area contributed by atoms with Gasteiger partial charge >= 0.3 is 5.97 Å². The van der Waals surface area contributed by atoms with Crippen LogP contribution in [-0.2, 0) is 11.2 Å². The number of ether oxygens (including phenoxy) is 1. The first kappa shape index (κ1) is 13.3. The van der Waals surface area contributed by atoms with Gasteiger partial charge in [0.2, 0.25) is 0 Å². The Morgan fingerprint density at radius 2 is 2.30 bits per heavy atom. The third-order valence-electron chi connectivity index (χ3n) is 4.38. The fraction of sp³-hybridized carbons (Fsp3) is 0.562. The van der Waals surface area contributed by atoms with E-state index in [-0.39, 0.29) is 12.3 Å². The lowest BCUT2D eigenvalue weighted by Crippen LogP contribution is -2.25. The molecule has 0 aliphatic carbocycles. The normalized spacial score (nSPS) is 21.4. The molecule has 20 heavy (non-hydrogen) atoms. The number of hydrogen-bond acceptors (Lipinski definition) is 3. The SMILES string of the molecule is CN1CCCc2cc3c(cc21)OCCCC3CC(=O)O. The highest BCUT2D eigenvalue weighted by Crippen LogP contribution is 2.40. The fourth-order valence-corrected chi connectivity index (χ4v) is 3.35. The van der Waals surface area contributed by atoms with E-state index in [9.17, 15) is 4.79 Å². The summed E-state index contributed by atoms with van der Waals surface area (Å²) in [5.41, 5.74) is 3.67. The van der Waals surface area contributed by atoms with Crippen molar-refractivity contribution in [3.63, 3.8) is 0 Å². The molecule has 3 rings (SSSR count). The number of rotatable bonds is 2. The molecule has 0 spiro atoms. The van der Waals surface area contributed by atoms with Gasteiger partial charge in [0.1, 0.15) is 5.75 Å². The molecular formula is C16H21NO3. The molecule has 2 aliphatic rings. The first-order valence-corrected chi connectivity index (χ1v) is 7.37. The standard InChI is InChI=1S/C16H21NO3/c1-17-6-2-4-12-8-13-11(9-16(18)19)5-3-7-20-15(13)10-14(12)17/h8,10-11H,2-7,9H2,1H3,(H,18,19). The molecule has 1 unspecified atom stereocenters. The maximum absolute atomic E-state index is 11.1. The van der Waals surface area contributed by atoms with Crippen LogP contribution in [0.1, 0.15) is 42.7 Å². The highest BCUT2D eigenvalue weighted by molar-refractivity contribution is 5.69. The zero-order chi connectivity index (χ0) is 14.1. The number of carboxylic acids is 1. The van der Waals surface area contributed by atoms with Gasteiger partial charge in [-0.1, -0.05) is 0 Å². The van der Waals surface area contributed by atoms with Gasteiger partial charge in [-0.3, -0.25) is 4.79 Å². The molecule has 4 heteroatoms. The Kier molecular flexibility index (Phi) is 3.55. The predicted octanol–water partition coefficient (Wildman–Crippen LogP) is 2.80. The van der Waals surface area contributed by atoms with E-state index >= 15 is 0 Å². The Balaban J connectivity index is 2.02. The highest BCUT2D eigenvalue weighted by atomic mass is 16.5. The summed E-state index contributed by atoms with van der Waals surface area (Å²) in [6.45, 7) is 1.76. The number of aryl methyl sites for hydroxylation is 1. The number of fused-ring (bicyclic) bond motifs is 2. The van der Waals surface area contributed by atoms with Crippen molar-refractivity contribution in [2.24, 2.45) is 0 Å². The van der Waals surface area contributed by atoms with Crippen LogP contribution in [0, 0.1) is 0 Å². The molecule has 0 aromatic heterocycles. The summed E-state index contributed by atoms with van der Waals surface area (Å²) < 4.78 is 5.86. The molecule has 0 saturated heterocycles. The van der Waals surface area contributed by atoms with E-state index < -0.39 is 5.97 Å². The summed E-state index contributed by atoms with van der Waals surface area (Å²) >= 11 is 0. The minimum atomic E-state index is -0.724. The van der Waals surface area contributed by atoms with Gasteiger partial charge in [0.05, 0.1) is 13.0 Å². The fourth-order valence-electron chi connectivity index (χ4n) is 3.35. The van der Waals surface area contributed by atoms with E-state index in [1.807, 2.05) is 0 Å². The van der Waals surface area contributed by atoms with Crippen LogP contribution in [0.5, 0.6) is 5.75 Å². The number of hydrogen-bond donors (Lipinski definition) is 1. The number of anilines is 1. The first-order valence-electron chi connectivity index (χ1n) is 7.37. The molecule has 1 aromatic rings. The van der Waals surface area contributed by atoms with Gasteiger partial charge in [-0.15, -0.1) is 0 Å². The van der Waals surface area contributed by atoms with Gasteiger partial charge in [-0.05, 0) is 48.8 Å². The lowest BCUT2D eigenvalue weighted by Gasteiger charge is -2.29. The van der Waals surface area contributed by atoms with E-state index in [0.29, 0.717) is 6.61 Å². The first-order chi connectivity index (χ1) is 9.65. The maximum Gasteiger partial charge on any atom is 0.303 e. The Bertz CT molecular complexity index is 527. The van der Waals surface area contributed by atoms with Gasteiger partial charge in [-0.25, -0.2) is 0 Å². The molecule has 4 nitrogen and oxygen atoms in total. The van der Waals surface area contributed by atoms with Gasteiger partial charge < -0.3 is 14.7 Å². The van der Waals surface area contributed by atoms with Crippen LogP contribution in [0.4, 0.5) is 5.69 Å². The molecule has 1 N–H and O–H groups in total. The van der Waals surface area contributed by atoms with Crippen LogP contribution in [0.2, 0.25) is 0 Å². The second-order valence-electron chi connectivity index (χ2n) is 5.83. The van der Waals surface area contributed by atoms with Crippen LogP contribution in [-0.4, -0.2) is 31.3 Å². The smallest absolute Gasteiger partial charge is 0.303 e. The highest BCUT2D eigenvalue weighted by Gasteiger charge is 2.25. The average Bonchev–Trinajstić information content (AvgIpc) is 2.60. The molecule has 1 aromatic carbocycles. The molecule has 0 fully saturated rings. The van der Waals surface area contributed by atoms with Crippen molar-refractivity contribution in [3.8, 4) is 5.75 Å². The second kappa shape index (κ2) is 5.35. The lowest BCUT2D eigenvalue weighted by molar-refractivity contribution is -0.137. The number of benzene rings is 1. The van der Waals surface area contributed by atoms with Crippen LogP contribution < -0.4 is 9.64 Å². The van der Waals surface area contributed by atoms with E-state index in [4.69, 9.17) is 9.84 Å². The number of aliphatic carboxylic acids is 1. The summed E-state index contributed by atoms with van der Waals surface area (Å²) in [4.78, 5) is 13.3. The zero-order valence-electron chi connectivity index (χ0n) is 11.9. The van der Waals surface area contributed by atoms with Crippen molar-refractivity contribution in [1.29, 1.82) is 0 Å². The van der Waals surface area contributed by atoms with E-state index in [0.717, 1.165) is 43.5 Å². The van der Waals surface area contributed by atoms with Crippen LogP contribution in [0.15, 0.2) is 12.1 Å². The molecule has 108 valence electrons. The lowest BCUT2D eigenvalue weighted by atomic mass is 9.88. The van der Waals surface area contributed by atoms with E-state index in [1.54, 1.807) is 0 Å². The van der Waals surface area contributed by atoms with Gasteiger partial charge in [0.15, 0.2) is 0 Å². The third kappa shape index (κ3) is 2.47. The Morgan fingerprint density at radius 1 is 1.45 bits per heavy atom. The molecule has 1 atom stereocenters. The Hall–Kier alpha value is -1.71. The number of carboxylic acid groups (broad SMARTS) is 1. The molecule has 0 bridgehead atoms. The Morgan fingerprint density at radius 3 is 3.10 bits per heavy atom. The molecule has 0 radical (unpaired) electrons. The van der Waals surface area contributed by atoms with Gasteiger partial charge in [0.25, 0.3) is 0 Å². The van der Waals surface area contributed by atoms with Crippen molar-refractivity contribution < 1.29 is 14.6 Å². The quantitative estimate of drug-likeness (QED) is 0.901. The molecule has 0 amide bonds. The van der Waals surface area contributed by atoms with Crippen molar-refractivity contribution in [3.05, 3.63) is 23.3 Å². The molecule has 2 heterocycles. The Labute approximate surface area is 119 Å². The van der Waals surface area contributed by atoms with Crippen molar-refractivity contribution >= 4 is 11.7 Å². The van der Waals surface area contributed by atoms with Gasteiger partial charge in [0, 0.05) is 25.3 Å². The van der Waals surface area contributed by atoms with Gasteiger partial charge in [-0.2, -0.15) is 0 Å². The van der Waals surface area contributed by atoms with Crippen molar-refractivity contribution in [1.82, 2.24) is 0 Å². The largest absolute Gasteiger partial charge is 0.493 e. The predicted molar refractivity (Wildman–Crippen MR) is 77.8 cm³/mol. The zero-order valence-corrected chi connectivity index (χ0v) is 11.9. The third-order valence-corrected chi connectivity index (χ3v) is 4.38. The van der Waals surface area contributed by atoms with Crippen LogP contribution >= 0.6 is 0 Å². The summed E-state index contributed by atoms with van der Waals surface area (Å²) in [6, 6.07) is 4.31. The molecular weight excluding hydrogens is 254 g/mol. The van der Waals surface area contributed by atoms with Crippen molar-refractivity contribution in [2.45, 2.75) is 38.0 Å². The number of carbonyl (C=O) groups is 1.